The number of hydrogen-bond acceptors (Lipinski definition) is 5. The predicted octanol–water partition coefficient (Wildman–Crippen LogP) is 11.1. The number of amidine groups is 2. The van der Waals surface area contributed by atoms with Crippen LogP contribution < -0.4 is 10.2 Å². The number of benzene rings is 6. The SMILES string of the molecule is CC1(c2ccccc2)N=C(C2=CC=CC3C2c2cc(-c4ccccc4)ccc2N3c2ccc3sc4ccccc4c3c2)N=C(c2ccccc2)N1. The molecule has 51 heavy (non-hydrogen) atoms. The van der Waals surface area contributed by atoms with Crippen LogP contribution in [0.1, 0.15) is 29.5 Å². The van der Waals surface area contributed by atoms with Crippen molar-refractivity contribution in [3.63, 3.8) is 0 Å². The summed E-state index contributed by atoms with van der Waals surface area (Å²) < 4.78 is 2.62. The highest BCUT2D eigenvalue weighted by molar-refractivity contribution is 7.25. The molecule has 0 spiro atoms. The molecule has 2 aliphatic heterocycles. The number of anilines is 2. The van der Waals surface area contributed by atoms with Gasteiger partial charge < -0.3 is 10.2 Å². The van der Waals surface area contributed by atoms with Crippen molar-refractivity contribution >= 4 is 54.6 Å². The van der Waals surface area contributed by atoms with Crippen molar-refractivity contribution in [1.29, 1.82) is 0 Å². The van der Waals surface area contributed by atoms with Gasteiger partial charge in [-0.05, 0) is 65.6 Å². The second-order valence-electron chi connectivity index (χ2n) is 13.6. The third kappa shape index (κ3) is 4.96. The highest BCUT2D eigenvalue weighted by Gasteiger charge is 2.44. The predicted molar refractivity (Wildman–Crippen MR) is 214 cm³/mol. The van der Waals surface area contributed by atoms with E-state index in [9.17, 15) is 0 Å². The first kappa shape index (κ1) is 29.8. The second kappa shape index (κ2) is 11.8. The average molecular weight is 675 g/mol. The van der Waals surface area contributed by atoms with Gasteiger partial charge in [0.25, 0.3) is 0 Å². The van der Waals surface area contributed by atoms with Gasteiger partial charge in [-0.2, -0.15) is 0 Å². The topological polar surface area (TPSA) is 40.0 Å². The highest BCUT2D eigenvalue weighted by Crippen LogP contribution is 2.52. The molecule has 3 heterocycles. The van der Waals surface area contributed by atoms with Crippen molar-refractivity contribution in [3.05, 3.63) is 192 Å². The number of allylic oxidation sites excluding steroid dienone is 2. The van der Waals surface area contributed by atoms with Crippen LogP contribution in [0.3, 0.4) is 0 Å². The molecule has 244 valence electrons. The number of nitrogens with one attached hydrogen (secondary N) is 1. The maximum atomic E-state index is 5.46. The fourth-order valence-corrected chi connectivity index (χ4v) is 9.12. The molecule has 4 nitrogen and oxygen atoms in total. The average Bonchev–Trinajstić information content (AvgIpc) is 3.74. The van der Waals surface area contributed by atoms with Crippen molar-refractivity contribution in [1.82, 2.24) is 5.32 Å². The summed E-state index contributed by atoms with van der Waals surface area (Å²) >= 11 is 1.86. The Morgan fingerprint density at radius 2 is 1.37 bits per heavy atom. The van der Waals surface area contributed by atoms with Crippen LogP contribution in [-0.4, -0.2) is 17.7 Å². The molecule has 1 N–H and O–H groups in total. The van der Waals surface area contributed by atoms with E-state index in [4.69, 9.17) is 9.98 Å². The van der Waals surface area contributed by atoms with Gasteiger partial charge in [-0.15, -0.1) is 11.3 Å². The van der Waals surface area contributed by atoms with E-state index < -0.39 is 5.66 Å². The van der Waals surface area contributed by atoms with Gasteiger partial charge in [-0.3, -0.25) is 0 Å². The number of hydrogen-bond donors (Lipinski definition) is 1. The molecule has 3 unspecified atom stereocenters. The van der Waals surface area contributed by atoms with E-state index in [2.05, 4.69) is 181 Å². The third-order valence-electron chi connectivity index (χ3n) is 10.5. The van der Waals surface area contributed by atoms with E-state index in [-0.39, 0.29) is 12.0 Å². The van der Waals surface area contributed by atoms with Gasteiger partial charge in [-0.25, -0.2) is 9.98 Å². The summed E-state index contributed by atoms with van der Waals surface area (Å²) in [5.41, 5.74) is 8.64. The fraction of sp³-hybridized carbons (Fsp3) is 0.0870. The zero-order valence-electron chi connectivity index (χ0n) is 28.1. The Balaban J connectivity index is 1.16. The van der Waals surface area contributed by atoms with Crippen molar-refractivity contribution in [3.8, 4) is 11.1 Å². The Hall–Kier alpha value is -6.04. The lowest BCUT2D eigenvalue weighted by Gasteiger charge is -2.36. The molecule has 0 saturated heterocycles. The summed E-state index contributed by atoms with van der Waals surface area (Å²) in [6.45, 7) is 2.15. The first-order valence-corrected chi connectivity index (χ1v) is 18.3. The van der Waals surface area contributed by atoms with Crippen LogP contribution in [0.2, 0.25) is 0 Å². The number of nitrogens with zero attached hydrogens (tertiary/aromatic N) is 3. The van der Waals surface area contributed by atoms with E-state index in [0.29, 0.717) is 0 Å². The molecule has 0 bridgehead atoms. The monoisotopic (exact) mass is 674 g/mol. The van der Waals surface area contributed by atoms with Crippen LogP contribution in [0.5, 0.6) is 0 Å². The second-order valence-corrected chi connectivity index (χ2v) is 14.7. The van der Waals surface area contributed by atoms with Crippen LogP contribution in [0.4, 0.5) is 11.4 Å². The quantitative estimate of drug-likeness (QED) is 0.197. The van der Waals surface area contributed by atoms with Gasteiger partial charge in [0.1, 0.15) is 5.84 Å². The summed E-state index contributed by atoms with van der Waals surface area (Å²) in [6, 6.07) is 54.3. The van der Waals surface area contributed by atoms with Crippen molar-refractivity contribution in [2.24, 2.45) is 9.98 Å². The minimum absolute atomic E-state index is 0.0150. The van der Waals surface area contributed by atoms with Crippen LogP contribution in [0.25, 0.3) is 31.3 Å². The smallest absolute Gasteiger partial charge is 0.156 e. The number of rotatable bonds is 5. The molecule has 0 fully saturated rings. The maximum Gasteiger partial charge on any atom is 0.156 e. The number of aliphatic imine (C=N–C) groups is 2. The third-order valence-corrected chi connectivity index (χ3v) is 11.6. The minimum atomic E-state index is -0.709. The minimum Gasteiger partial charge on any atom is -0.342 e. The van der Waals surface area contributed by atoms with Gasteiger partial charge in [-0.1, -0.05) is 133 Å². The highest BCUT2D eigenvalue weighted by atomic mass is 32.1. The van der Waals surface area contributed by atoms with Gasteiger partial charge in [0.15, 0.2) is 11.5 Å². The summed E-state index contributed by atoms with van der Waals surface area (Å²) in [6.07, 6.45) is 6.79. The van der Waals surface area contributed by atoms with E-state index in [1.54, 1.807) is 0 Å². The summed E-state index contributed by atoms with van der Waals surface area (Å²) in [5.74, 6) is 1.60. The molecule has 3 atom stereocenters. The van der Waals surface area contributed by atoms with Gasteiger partial charge in [0.05, 0.1) is 6.04 Å². The van der Waals surface area contributed by atoms with E-state index in [0.717, 1.165) is 28.4 Å². The van der Waals surface area contributed by atoms with Gasteiger partial charge in [0.2, 0.25) is 0 Å². The molecule has 7 aromatic rings. The normalized spacial score (nSPS) is 20.7. The Kier molecular flexibility index (Phi) is 6.90. The largest absolute Gasteiger partial charge is 0.342 e. The molecular formula is C46H34N4S. The summed E-state index contributed by atoms with van der Waals surface area (Å²) in [7, 11) is 0. The summed E-state index contributed by atoms with van der Waals surface area (Å²) in [4.78, 5) is 13.3. The molecule has 1 aromatic heterocycles. The van der Waals surface area contributed by atoms with Crippen LogP contribution in [0, 0.1) is 0 Å². The lowest BCUT2D eigenvalue weighted by Crippen LogP contribution is -2.47. The molecule has 0 amide bonds. The van der Waals surface area contributed by atoms with Crippen molar-refractivity contribution < 1.29 is 0 Å². The Bertz CT molecular complexity index is 2580. The van der Waals surface area contributed by atoms with Crippen molar-refractivity contribution in [2.75, 3.05) is 4.90 Å². The maximum absolute atomic E-state index is 5.46. The van der Waals surface area contributed by atoms with E-state index in [1.807, 2.05) is 17.4 Å². The Labute approximate surface area is 301 Å². The molecule has 6 aromatic carbocycles. The van der Waals surface area contributed by atoms with Crippen LogP contribution in [0.15, 0.2) is 185 Å². The first-order chi connectivity index (χ1) is 25.1. The first-order valence-electron chi connectivity index (χ1n) is 17.5. The van der Waals surface area contributed by atoms with E-state index in [1.165, 1.54) is 48.2 Å². The zero-order valence-corrected chi connectivity index (χ0v) is 28.9. The zero-order chi connectivity index (χ0) is 33.9. The standard InChI is InChI=1S/C46H34N4S/c1-46(33-18-9-4-10-19-33)48-44(31-16-7-3-8-17-31)47-45(49-46)36-21-13-22-40-43(36)38-28-32(30-14-5-2-6-15-30)24-26-39(38)50(40)34-25-27-42-37(29-34)35-20-11-12-23-41(35)51-42/h2-29,40,43H,1H3,(H,47,48,49). The van der Waals surface area contributed by atoms with Crippen LogP contribution >= 0.6 is 11.3 Å². The molecule has 1 aliphatic carbocycles. The van der Waals surface area contributed by atoms with Crippen molar-refractivity contribution in [2.45, 2.75) is 24.5 Å². The van der Waals surface area contributed by atoms with Gasteiger partial charge >= 0.3 is 0 Å². The molecule has 3 aliphatic rings. The molecule has 0 radical (unpaired) electrons. The molecule has 5 heteroatoms. The molecule has 10 rings (SSSR count). The number of fused-ring (bicyclic) bond motifs is 6. The Morgan fingerprint density at radius 1 is 0.667 bits per heavy atom. The lowest BCUT2D eigenvalue weighted by atomic mass is 9.82. The lowest BCUT2D eigenvalue weighted by molar-refractivity contribution is 0.454. The Morgan fingerprint density at radius 3 is 2.18 bits per heavy atom. The fourth-order valence-electron chi connectivity index (χ4n) is 8.03. The van der Waals surface area contributed by atoms with E-state index >= 15 is 0 Å². The molecule has 0 saturated carbocycles. The van der Waals surface area contributed by atoms with Crippen LogP contribution in [-0.2, 0) is 5.66 Å². The van der Waals surface area contributed by atoms with Gasteiger partial charge in [0, 0.05) is 48.6 Å². The number of thiophene rings is 1. The molecular weight excluding hydrogens is 641 g/mol. The summed E-state index contributed by atoms with van der Waals surface area (Å²) in [5, 5.41) is 6.32.